The molecule has 2 atom stereocenters. The Morgan fingerprint density at radius 1 is 1.38 bits per heavy atom. The molecule has 3 N–H and O–H groups in total. The Balaban J connectivity index is 1.75. The smallest absolute Gasteiger partial charge is 0.166 e. The Labute approximate surface area is 128 Å². The fourth-order valence-corrected chi connectivity index (χ4v) is 5.36. The van der Waals surface area contributed by atoms with Gasteiger partial charge in [-0.3, -0.25) is 0 Å². The Hall–Kier alpha value is -1.21. The molecular formula is C14H19N3O2S2. The number of nitrogen functional groups attached to an aromatic ring is 1. The second-order valence-electron chi connectivity index (χ2n) is 5.68. The van der Waals surface area contributed by atoms with Crippen LogP contribution in [-0.2, 0) is 9.84 Å². The van der Waals surface area contributed by atoms with Gasteiger partial charge < -0.3 is 10.7 Å². The maximum absolute atomic E-state index is 11.7. The molecule has 0 spiro atoms. The van der Waals surface area contributed by atoms with E-state index in [2.05, 4.69) is 9.97 Å². The summed E-state index contributed by atoms with van der Waals surface area (Å²) in [5.74, 6) is 0. The van der Waals surface area contributed by atoms with Gasteiger partial charge in [0.05, 0.1) is 16.3 Å². The summed E-state index contributed by atoms with van der Waals surface area (Å²) in [6.45, 7) is 0. The number of nitrogens with two attached hydrogens (primary N) is 1. The van der Waals surface area contributed by atoms with Crippen LogP contribution in [0.3, 0.4) is 0 Å². The number of hydrogen-bond acceptors (Lipinski definition) is 5. The van der Waals surface area contributed by atoms with Gasteiger partial charge in [-0.05, 0) is 37.5 Å². The van der Waals surface area contributed by atoms with Crippen LogP contribution in [0, 0.1) is 0 Å². The van der Waals surface area contributed by atoms with Gasteiger partial charge in [0, 0.05) is 17.2 Å². The lowest BCUT2D eigenvalue weighted by atomic mass is 10.00. The first kappa shape index (κ1) is 14.7. The van der Waals surface area contributed by atoms with Gasteiger partial charge in [0.2, 0.25) is 0 Å². The molecule has 3 rings (SSSR count). The van der Waals surface area contributed by atoms with Crippen LogP contribution in [0.25, 0.3) is 11.0 Å². The number of nitrogens with one attached hydrogen (secondary N) is 1. The van der Waals surface area contributed by atoms with Crippen molar-refractivity contribution in [1.82, 2.24) is 9.97 Å². The van der Waals surface area contributed by atoms with E-state index >= 15 is 0 Å². The Bertz CT molecular complexity index is 755. The summed E-state index contributed by atoms with van der Waals surface area (Å²) in [5.41, 5.74) is 8.28. The van der Waals surface area contributed by atoms with E-state index in [0.29, 0.717) is 17.4 Å². The normalized spacial score (nSPS) is 23.5. The average Bonchev–Trinajstić information content (AvgIpc) is 2.79. The number of nitrogens with zero attached hydrogens (tertiary/aromatic N) is 1. The van der Waals surface area contributed by atoms with Crippen LogP contribution in [0.2, 0.25) is 0 Å². The third-order valence-corrected chi connectivity index (χ3v) is 6.76. The predicted molar refractivity (Wildman–Crippen MR) is 87.3 cm³/mol. The zero-order valence-electron chi connectivity index (χ0n) is 11.9. The molecule has 2 unspecified atom stereocenters. The largest absolute Gasteiger partial charge is 0.399 e. The molecule has 0 saturated heterocycles. The summed E-state index contributed by atoms with van der Waals surface area (Å²) < 4.78 is 23.4. The molecule has 114 valence electrons. The van der Waals surface area contributed by atoms with E-state index < -0.39 is 9.84 Å². The maximum Gasteiger partial charge on any atom is 0.166 e. The first-order valence-corrected chi connectivity index (χ1v) is 9.86. The molecule has 1 aromatic carbocycles. The molecule has 2 aromatic rings. The molecule has 7 heteroatoms. The molecule has 0 amide bonds. The van der Waals surface area contributed by atoms with E-state index in [1.54, 1.807) is 11.8 Å². The standard InChI is InChI=1S/C14H19N3O2S2/c1-21(18,19)11-4-2-3-10(8-11)20-14-16-12-6-5-9(15)7-13(12)17-14/h5-7,10-11H,2-4,8,15H2,1H3,(H,16,17). The molecule has 1 aliphatic rings. The first-order chi connectivity index (χ1) is 9.91. The third kappa shape index (κ3) is 3.35. The maximum atomic E-state index is 11.7. The third-order valence-electron chi connectivity index (χ3n) is 3.95. The van der Waals surface area contributed by atoms with Gasteiger partial charge in [-0.25, -0.2) is 13.4 Å². The van der Waals surface area contributed by atoms with Gasteiger partial charge in [0.1, 0.15) is 9.84 Å². The number of hydrogen-bond donors (Lipinski definition) is 2. The molecule has 1 aromatic heterocycles. The summed E-state index contributed by atoms with van der Waals surface area (Å²) in [6, 6.07) is 5.59. The van der Waals surface area contributed by atoms with Crippen molar-refractivity contribution >= 4 is 38.3 Å². The van der Waals surface area contributed by atoms with Gasteiger partial charge in [-0.2, -0.15) is 0 Å². The number of imidazole rings is 1. The van der Waals surface area contributed by atoms with E-state index in [4.69, 9.17) is 5.73 Å². The lowest BCUT2D eigenvalue weighted by molar-refractivity contribution is 0.495. The van der Waals surface area contributed by atoms with E-state index in [1.165, 1.54) is 6.26 Å². The lowest BCUT2D eigenvalue weighted by Gasteiger charge is -2.26. The molecule has 0 radical (unpaired) electrons. The number of benzene rings is 1. The van der Waals surface area contributed by atoms with Gasteiger partial charge in [0.15, 0.2) is 5.16 Å². The highest BCUT2D eigenvalue weighted by Gasteiger charge is 2.29. The van der Waals surface area contributed by atoms with Crippen molar-refractivity contribution in [3.63, 3.8) is 0 Å². The van der Waals surface area contributed by atoms with Crippen LogP contribution in [0.15, 0.2) is 23.4 Å². The minimum absolute atomic E-state index is 0.205. The van der Waals surface area contributed by atoms with Crippen molar-refractivity contribution in [3.05, 3.63) is 18.2 Å². The molecule has 0 aliphatic heterocycles. The van der Waals surface area contributed by atoms with Gasteiger partial charge in [-0.15, -0.1) is 0 Å². The van der Waals surface area contributed by atoms with Crippen LogP contribution in [-0.4, -0.2) is 35.1 Å². The highest BCUT2D eigenvalue weighted by molar-refractivity contribution is 7.99. The molecule has 1 saturated carbocycles. The minimum atomic E-state index is -2.94. The topological polar surface area (TPSA) is 88.8 Å². The number of thioether (sulfide) groups is 1. The Morgan fingerprint density at radius 2 is 2.19 bits per heavy atom. The number of aromatic amines is 1. The number of H-pyrrole nitrogens is 1. The Morgan fingerprint density at radius 3 is 2.95 bits per heavy atom. The number of sulfone groups is 1. The highest BCUT2D eigenvalue weighted by atomic mass is 32.2. The summed E-state index contributed by atoms with van der Waals surface area (Å²) in [6.07, 6.45) is 4.84. The van der Waals surface area contributed by atoms with E-state index in [1.807, 2.05) is 18.2 Å². The SMILES string of the molecule is CS(=O)(=O)C1CCCC(Sc2nc3ccc(N)cc3[nH]2)C1. The molecule has 1 heterocycles. The summed E-state index contributed by atoms with van der Waals surface area (Å²) in [4.78, 5) is 7.80. The first-order valence-electron chi connectivity index (χ1n) is 7.02. The van der Waals surface area contributed by atoms with Crippen LogP contribution < -0.4 is 5.73 Å². The zero-order valence-corrected chi connectivity index (χ0v) is 13.5. The number of anilines is 1. The van der Waals surface area contributed by atoms with Crippen molar-refractivity contribution in [2.24, 2.45) is 0 Å². The lowest BCUT2D eigenvalue weighted by Crippen LogP contribution is -2.28. The van der Waals surface area contributed by atoms with Crippen LogP contribution >= 0.6 is 11.8 Å². The summed E-state index contributed by atoms with van der Waals surface area (Å²) in [5, 5.41) is 0.940. The fourth-order valence-electron chi connectivity index (χ4n) is 2.82. The number of aromatic nitrogens is 2. The Kier molecular flexibility index (Phi) is 3.88. The monoisotopic (exact) mass is 325 g/mol. The molecule has 0 bridgehead atoms. The zero-order chi connectivity index (χ0) is 15.0. The predicted octanol–water partition coefficient (Wildman–Crippen LogP) is 2.59. The van der Waals surface area contributed by atoms with E-state index in [0.717, 1.165) is 35.5 Å². The summed E-state index contributed by atoms with van der Waals surface area (Å²) in [7, 11) is -2.94. The highest BCUT2D eigenvalue weighted by Crippen LogP contribution is 2.35. The quantitative estimate of drug-likeness (QED) is 0.847. The van der Waals surface area contributed by atoms with Gasteiger partial charge in [-0.1, -0.05) is 18.2 Å². The number of rotatable bonds is 3. The van der Waals surface area contributed by atoms with E-state index in [-0.39, 0.29) is 5.25 Å². The molecular weight excluding hydrogens is 306 g/mol. The number of fused-ring (bicyclic) bond motifs is 1. The van der Waals surface area contributed by atoms with Crippen LogP contribution in [0.1, 0.15) is 25.7 Å². The van der Waals surface area contributed by atoms with Crippen molar-refractivity contribution < 1.29 is 8.42 Å². The van der Waals surface area contributed by atoms with Crippen molar-refractivity contribution in [2.45, 2.75) is 41.3 Å². The van der Waals surface area contributed by atoms with Crippen molar-refractivity contribution in [1.29, 1.82) is 0 Å². The minimum Gasteiger partial charge on any atom is -0.399 e. The molecule has 1 fully saturated rings. The van der Waals surface area contributed by atoms with E-state index in [9.17, 15) is 8.42 Å². The van der Waals surface area contributed by atoms with Crippen molar-refractivity contribution in [2.75, 3.05) is 12.0 Å². The van der Waals surface area contributed by atoms with Crippen molar-refractivity contribution in [3.8, 4) is 0 Å². The van der Waals surface area contributed by atoms with Gasteiger partial charge >= 0.3 is 0 Å². The molecule has 1 aliphatic carbocycles. The molecule has 21 heavy (non-hydrogen) atoms. The average molecular weight is 325 g/mol. The van der Waals surface area contributed by atoms with Gasteiger partial charge in [0.25, 0.3) is 0 Å². The second kappa shape index (κ2) is 5.53. The fraction of sp³-hybridized carbons (Fsp3) is 0.500. The second-order valence-corrected chi connectivity index (χ2v) is 9.29. The van der Waals surface area contributed by atoms with Crippen LogP contribution in [0.5, 0.6) is 0 Å². The summed E-state index contributed by atoms with van der Waals surface area (Å²) >= 11 is 1.64. The molecule has 5 nitrogen and oxygen atoms in total. The van der Waals surface area contributed by atoms with Crippen LogP contribution in [0.4, 0.5) is 5.69 Å².